The van der Waals surface area contributed by atoms with Gasteiger partial charge in [-0.05, 0) is 38.0 Å². The lowest BCUT2D eigenvalue weighted by Gasteiger charge is -2.31. The first-order valence-corrected chi connectivity index (χ1v) is 8.68. The lowest BCUT2D eigenvalue weighted by Crippen LogP contribution is -2.41. The van der Waals surface area contributed by atoms with Gasteiger partial charge in [-0.3, -0.25) is 9.59 Å². The summed E-state index contributed by atoms with van der Waals surface area (Å²) in [4.78, 5) is 26.6. The minimum absolute atomic E-state index is 0.107. The largest absolute Gasteiger partial charge is 0.360 e. The van der Waals surface area contributed by atoms with Gasteiger partial charge >= 0.3 is 0 Å². The normalized spacial score (nSPS) is 15.2. The molecule has 0 bridgehead atoms. The number of benzene rings is 1. The van der Waals surface area contributed by atoms with Crippen LogP contribution in [0.4, 0.5) is 5.82 Å². The van der Waals surface area contributed by atoms with Crippen LogP contribution >= 0.6 is 23.2 Å². The van der Waals surface area contributed by atoms with E-state index in [0.717, 1.165) is 0 Å². The van der Waals surface area contributed by atoms with E-state index in [0.29, 0.717) is 53.1 Å². The van der Waals surface area contributed by atoms with Crippen LogP contribution < -0.4 is 5.32 Å². The summed E-state index contributed by atoms with van der Waals surface area (Å²) in [6, 6.07) is 6.48. The molecular weight excluding hydrogens is 365 g/mol. The number of rotatable bonds is 3. The fourth-order valence-corrected chi connectivity index (χ4v) is 3.32. The van der Waals surface area contributed by atoms with Crippen LogP contribution in [-0.4, -0.2) is 35.0 Å². The number of aryl methyl sites for hydroxylation is 1. The summed E-state index contributed by atoms with van der Waals surface area (Å²) in [5, 5.41) is 7.31. The Kier molecular flexibility index (Phi) is 5.30. The van der Waals surface area contributed by atoms with Crippen LogP contribution in [0.25, 0.3) is 0 Å². The van der Waals surface area contributed by atoms with Crippen molar-refractivity contribution in [3.63, 3.8) is 0 Å². The van der Waals surface area contributed by atoms with E-state index in [4.69, 9.17) is 27.7 Å². The molecule has 6 nitrogen and oxygen atoms in total. The fourth-order valence-electron chi connectivity index (χ4n) is 2.83. The molecular formula is C17H17Cl2N3O3. The molecule has 1 N–H and O–H groups in total. The van der Waals surface area contributed by atoms with Gasteiger partial charge in [-0.2, -0.15) is 0 Å². The molecule has 0 unspecified atom stereocenters. The van der Waals surface area contributed by atoms with Crippen molar-refractivity contribution in [1.29, 1.82) is 0 Å². The molecule has 1 aliphatic rings. The first-order valence-electron chi connectivity index (χ1n) is 7.92. The Balaban J connectivity index is 1.57. The van der Waals surface area contributed by atoms with Gasteiger partial charge in [0.2, 0.25) is 5.91 Å². The van der Waals surface area contributed by atoms with Crippen molar-refractivity contribution < 1.29 is 14.1 Å². The van der Waals surface area contributed by atoms with Gasteiger partial charge in [-0.1, -0.05) is 28.4 Å². The number of hydrogen-bond donors (Lipinski definition) is 1. The summed E-state index contributed by atoms with van der Waals surface area (Å²) in [5.41, 5.74) is 0.423. The summed E-state index contributed by atoms with van der Waals surface area (Å²) in [5.74, 6) is 0.629. The first-order chi connectivity index (χ1) is 11.9. The van der Waals surface area contributed by atoms with Crippen molar-refractivity contribution >= 4 is 40.8 Å². The Morgan fingerprint density at radius 2 is 1.96 bits per heavy atom. The van der Waals surface area contributed by atoms with E-state index < -0.39 is 0 Å². The number of nitrogens with one attached hydrogen (secondary N) is 1. The maximum atomic E-state index is 12.6. The number of carbonyl (C=O) groups excluding carboxylic acids is 2. The predicted molar refractivity (Wildman–Crippen MR) is 95.0 cm³/mol. The van der Waals surface area contributed by atoms with Gasteiger partial charge in [0.25, 0.3) is 5.91 Å². The average Bonchev–Trinajstić information content (AvgIpc) is 2.99. The topological polar surface area (TPSA) is 75.4 Å². The highest BCUT2D eigenvalue weighted by Gasteiger charge is 2.29. The number of likely N-dealkylation sites (tertiary alicyclic amines) is 1. The van der Waals surface area contributed by atoms with Crippen LogP contribution in [0, 0.1) is 12.8 Å². The number of halogens is 2. The molecule has 2 amide bonds. The van der Waals surface area contributed by atoms with Gasteiger partial charge in [0.05, 0.1) is 10.6 Å². The zero-order chi connectivity index (χ0) is 18.0. The smallest absolute Gasteiger partial charge is 0.255 e. The third kappa shape index (κ3) is 4.14. The number of anilines is 1. The standard InChI is InChI=1S/C17H17Cl2N3O3/c1-10-8-15(21-25-10)20-16(23)11-4-6-22(7-5-11)17(24)13-3-2-12(18)9-14(13)19/h2-3,8-9,11H,4-7H2,1H3,(H,20,21,23). The summed E-state index contributed by atoms with van der Waals surface area (Å²) in [6.07, 6.45) is 1.17. The molecule has 8 heteroatoms. The highest BCUT2D eigenvalue weighted by atomic mass is 35.5. The molecule has 132 valence electrons. The molecule has 25 heavy (non-hydrogen) atoms. The van der Waals surface area contributed by atoms with E-state index in [9.17, 15) is 9.59 Å². The molecule has 0 atom stereocenters. The summed E-state index contributed by atoms with van der Waals surface area (Å²) in [7, 11) is 0. The zero-order valence-electron chi connectivity index (χ0n) is 13.6. The fraction of sp³-hybridized carbons (Fsp3) is 0.353. The summed E-state index contributed by atoms with van der Waals surface area (Å²) in [6.45, 7) is 2.75. The molecule has 0 aliphatic carbocycles. The zero-order valence-corrected chi connectivity index (χ0v) is 15.1. The minimum atomic E-state index is -0.165. The van der Waals surface area contributed by atoms with Gasteiger partial charge in [-0.15, -0.1) is 0 Å². The third-order valence-corrected chi connectivity index (χ3v) is 4.74. The Labute approximate surface area is 155 Å². The van der Waals surface area contributed by atoms with Crippen LogP contribution in [0.1, 0.15) is 29.0 Å². The first kappa shape index (κ1) is 17.8. The Morgan fingerprint density at radius 3 is 2.56 bits per heavy atom. The highest BCUT2D eigenvalue weighted by molar-refractivity contribution is 6.36. The van der Waals surface area contributed by atoms with E-state index in [-0.39, 0.29) is 17.7 Å². The molecule has 1 fully saturated rings. The van der Waals surface area contributed by atoms with Crippen molar-refractivity contribution in [2.75, 3.05) is 18.4 Å². The second kappa shape index (κ2) is 7.45. The van der Waals surface area contributed by atoms with Crippen LogP contribution in [-0.2, 0) is 4.79 Å². The van der Waals surface area contributed by atoms with Crippen LogP contribution in [0.15, 0.2) is 28.8 Å². The Hall–Kier alpha value is -2.05. The van der Waals surface area contributed by atoms with Crippen LogP contribution in [0.2, 0.25) is 10.0 Å². The van der Waals surface area contributed by atoms with Crippen molar-refractivity contribution in [1.82, 2.24) is 10.1 Å². The van der Waals surface area contributed by atoms with Crippen LogP contribution in [0.3, 0.4) is 0 Å². The van der Waals surface area contributed by atoms with Crippen molar-refractivity contribution in [2.45, 2.75) is 19.8 Å². The third-order valence-electron chi connectivity index (χ3n) is 4.19. The lowest BCUT2D eigenvalue weighted by molar-refractivity contribution is -0.121. The quantitative estimate of drug-likeness (QED) is 0.877. The second-order valence-electron chi connectivity index (χ2n) is 6.00. The van der Waals surface area contributed by atoms with E-state index in [2.05, 4.69) is 10.5 Å². The number of carbonyl (C=O) groups is 2. The predicted octanol–water partition coefficient (Wildman–Crippen LogP) is 3.78. The summed E-state index contributed by atoms with van der Waals surface area (Å²) >= 11 is 12.0. The van der Waals surface area contributed by atoms with Crippen LogP contribution in [0.5, 0.6) is 0 Å². The van der Waals surface area contributed by atoms with E-state index >= 15 is 0 Å². The molecule has 1 aliphatic heterocycles. The Morgan fingerprint density at radius 1 is 1.24 bits per heavy atom. The SMILES string of the molecule is Cc1cc(NC(=O)C2CCN(C(=O)c3ccc(Cl)cc3Cl)CC2)no1. The molecule has 2 heterocycles. The van der Waals surface area contributed by atoms with Gasteiger partial charge in [0.15, 0.2) is 5.82 Å². The molecule has 2 aromatic rings. The van der Waals surface area contributed by atoms with E-state index in [1.54, 1.807) is 36.1 Å². The van der Waals surface area contributed by atoms with E-state index in [1.807, 2.05) is 0 Å². The Bertz CT molecular complexity index is 798. The number of aromatic nitrogens is 1. The summed E-state index contributed by atoms with van der Waals surface area (Å²) < 4.78 is 4.93. The molecule has 0 radical (unpaired) electrons. The lowest BCUT2D eigenvalue weighted by atomic mass is 9.95. The maximum absolute atomic E-state index is 12.6. The molecule has 1 aromatic carbocycles. The number of hydrogen-bond acceptors (Lipinski definition) is 4. The average molecular weight is 382 g/mol. The highest BCUT2D eigenvalue weighted by Crippen LogP contribution is 2.25. The molecule has 0 saturated carbocycles. The maximum Gasteiger partial charge on any atom is 0.255 e. The van der Waals surface area contributed by atoms with Gasteiger partial charge < -0.3 is 14.7 Å². The van der Waals surface area contributed by atoms with Gasteiger partial charge in [-0.25, -0.2) is 0 Å². The number of piperidine rings is 1. The number of amides is 2. The molecule has 1 saturated heterocycles. The molecule has 1 aromatic heterocycles. The van der Waals surface area contributed by atoms with Crippen molar-refractivity contribution in [2.24, 2.45) is 5.92 Å². The molecule has 0 spiro atoms. The monoisotopic (exact) mass is 381 g/mol. The van der Waals surface area contributed by atoms with Crippen molar-refractivity contribution in [3.05, 3.63) is 45.6 Å². The molecule has 3 rings (SSSR count). The van der Waals surface area contributed by atoms with E-state index in [1.165, 1.54) is 0 Å². The second-order valence-corrected chi connectivity index (χ2v) is 6.85. The minimum Gasteiger partial charge on any atom is -0.360 e. The van der Waals surface area contributed by atoms with Gasteiger partial charge in [0, 0.05) is 30.1 Å². The van der Waals surface area contributed by atoms with Crippen molar-refractivity contribution in [3.8, 4) is 0 Å². The number of nitrogens with zero attached hydrogens (tertiary/aromatic N) is 2. The van der Waals surface area contributed by atoms with Gasteiger partial charge in [0.1, 0.15) is 5.76 Å².